The molecule has 0 saturated carbocycles. The summed E-state index contributed by atoms with van der Waals surface area (Å²) in [6, 6.07) is 14.7. The standard InChI is InChI=1S/C14H10ClN3O/c15-11-6-7-13-12(8-11)14(19)18(17-16-13)9-10-4-2-1-3-5-10/h1-8H,9H2. The van der Waals surface area contributed by atoms with Crippen LogP contribution >= 0.6 is 11.6 Å². The summed E-state index contributed by atoms with van der Waals surface area (Å²) in [6.07, 6.45) is 0. The predicted molar refractivity (Wildman–Crippen MR) is 74.4 cm³/mol. The van der Waals surface area contributed by atoms with Crippen LogP contribution < -0.4 is 5.56 Å². The van der Waals surface area contributed by atoms with Crippen molar-refractivity contribution in [2.24, 2.45) is 0 Å². The number of rotatable bonds is 2. The van der Waals surface area contributed by atoms with E-state index in [9.17, 15) is 4.79 Å². The van der Waals surface area contributed by atoms with Crippen molar-refractivity contribution in [2.75, 3.05) is 0 Å². The van der Waals surface area contributed by atoms with Crippen LogP contribution in [0, 0.1) is 0 Å². The van der Waals surface area contributed by atoms with Gasteiger partial charge < -0.3 is 0 Å². The Labute approximate surface area is 114 Å². The molecule has 3 aromatic rings. The highest BCUT2D eigenvalue weighted by atomic mass is 35.5. The predicted octanol–water partition coefficient (Wildman–Crippen LogP) is 2.49. The summed E-state index contributed by atoms with van der Waals surface area (Å²) in [5.74, 6) is 0. The zero-order valence-electron chi connectivity index (χ0n) is 9.95. The van der Waals surface area contributed by atoms with Gasteiger partial charge in [0.05, 0.1) is 11.9 Å². The van der Waals surface area contributed by atoms with E-state index in [1.165, 1.54) is 4.68 Å². The molecule has 1 aromatic heterocycles. The Kier molecular flexibility index (Phi) is 3.01. The van der Waals surface area contributed by atoms with E-state index in [1.807, 2.05) is 30.3 Å². The van der Waals surface area contributed by atoms with Gasteiger partial charge in [-0.15, -0.1) is 5.10 Å². The van der Waals surface area contributed by atoms with Gasteiger partial charge in [-0.2, -0.15) is 0 Å². The van der Waals surface area contributed by atoms with Crippen LogP contribution in [0.1, 0.15) is 5.56 Å². The average molecular weight is 272 g/mol. The number of hydrogen-bond donors (Lipinski definition) is 0. The molecule has 5 heteroatoms. The number of hydrogen-bond acceptors (Lipinski definition) is 3. The zero-order valence-corrected chi connectivity index (χ0v) is 10.7. The maximum absolute atomic E-state index is 12.3. The molecule has 0 aliphatic heterocycles. The Morgan fingerprint density at radius 1 is 1.11 bits per heavy atom. The minimum Gasteiger partial charge on any atom is -0.267 e. The van der Waals surface area contributed by atoms with Gasteiger partial charge in [0, 0.05) is 5.02 Å². The van der Waals surface area contributed by atoms with Crippen LogP contribution in [0.5, 0.6) is 0 Å². The lowest BCUT2D eigenvalue weighted by Crippen LogP contribution is -2.24. The molecule has 2 aromatic carbocycles. The highest BCUT2D eigenvalue weighted by Gasteiger charge is 2.06. The fourth-order valence-electron chi connectivity index (χ4n) is 1.91. The van der Waals surface area contributed by atoms with E-state index >= 15 is 0 Å². The summed E-state index contributed by atoms with van der Waals surface area (Å²) in [5, 5.41) is 8.98. The minimum absolute atomic E-state index is 0.184. The summed E-state index contributed by atoms with van der Waals surface area (Å²) in [6.45, 7) is 0.398. The van der Waals surface area contributed by atoms with Gasteiger partial charge in [-0.25, -0.2) is 4.68 Å². The van der Waals surface area contributed by atoms with Crippen LogP contribution in [0.4, 0.5) is 0 Å². The summed E-state index contributed by atoms with van der Waals surface area (Å²) < 4.78 is 1.34. The van der Waals surface area contributed by atoms with E-state index in [0.717, 1.165) is 5.56 Å². The Morgan fingerprint density at radius 2 is 1.89 bits per heavy atom. The largest absolute Gasteiger partial charge is 0.277 e. The van der Waals surface area contributed by atoms with Crippen LogP contribution in [0.3, 0.4) is 0 Å². The van der Waals surface area contributed by atoms with E-state index < -0.39 is 0 Å². The molecule has 0 saturated heterocycles. The van der Waals surface area contributed by atoms with Crippen molar-refractivity contribution in [2.45, 2.75) is 6.54 Å². The summed E-state index contributed by atoms with van der Waals surface area (Å²) in [7, 11) is 0. The molecule has 0 amide bonds. The fraction of sp³-hybridized carbons (Fsp3) is 0.0714. The van der Waals surface area contributed by atoms with Crippen LogP contribution in [0.15, 0.2) is 53.3 Å². The van der Waals surface area contributed by atoms with Crippen molar-refractivity contribution in [3.63, 3.8) is 0 Å². The Bertz CT molecular complexity index is 784. The van der Waals surface area contributed by atoms with Gasteiger partial charge in [-0.1, -0.05) is 47.1 Å². The lowest BCUT2D eigenvalue weighted by atomic mass is 10.2. The maximum Gasteiger partial charge on any atom is 0.277 e. The average Bonchev–Trinajstić information content (AvgIpc) is 2.44. The van der Waals surface area contributed by atoms with Gasteiger partial charge in [-0.05, 0) is 23.8 Å². The first-order valence-corrected chi connectivity index (χ1v) is 6.19. The third-order valence-corrected chi connectivity index (χ3v) is 3.09. The fourth-order valence-corrected chi connectivity index (χ4v) is 2.08. The van der Waals surface area contributed by atoms with Crippen molar-refractivity contribution < 1.29 is 0 Å². The monoisotopic (exact) mass is 271 g/mol. The van der Waals surface area contributed by atoms with Crippen LogP contribution in [-0.4, -0.2) is 15.0 Å². The molecule has 0 atom stereocenters. The molecule has 0 N–H and O–H groups in total. The quantitative estimate of drug-likeness (QED) is 0.719. The van der Waals surface area contributed by atoms with Gasteiger partial charge in [0.1, 0.15) is 5.52 Å². The molecule has 0 spiro atoms. The molecular weight excluding hydrogens is 262 g/mol. The molecule has 0 radical (unpaired) electrons. The Balaban J connectivity index is 2.10. The second-order valence-electron chi connectivity index (χ2n) is 4.20. The van der Waals surface area contributed by atoms with Crippen LogP contribution in [-0.2, 0) is 6.54 Å². The molecule has 0 fully saturated rings. The number of halogens is 1. The summed E-state index contributed by atoms with van der Waals surface area (Å²) >= 11 is 5.91. The third-order valence-electron chi connectivity index (χ3n) is 2.86. The number of nitrogens with zero attached hydrogens (tertiary/aromatic N) is 3. The van der Waals surface area contributed by atoms with Crippen molar-refractivity contribution in [1.82, 2.24) is 15.0 Å². The van der Waals surface area contributed by atoms with Gasteiger partial charge in [0.25, 0.3) is 5.56 Å². The SMILES string of the molecule is O=c1c2cc(Cl)ccc2nnn1Cc1ccccc1. The van der Waals surface area contributed by atoms with Gasteiger partial charge in [0.2, 0.25) is 0 Å². The van der Waals surface area contributed by atoms with E-state index in [0.29, 0.717) is 22.5 Å². The first-order valence-electron chi connectivity index (χ1n) is 5.81. The van der Waals surface area contributed by atoms with Crippen molar-refractivity contribution in [3.05, 3.63) is 69.5 Å². The highest BCUT2D eigenvalue weighted by molar-refractivity contribution is 6.31. The van der Waals surface area contributed by atoms with Crippen molar-refractivity contribution in [3.8, 4) is 0 Å². The molecule has 19 heavy (non-hydrogen) atoms. The van der Waals surface area contributed by atoms with Crippen molar-refractivity contribution in [1.29, 1.82) is 0 Å². The molecule has 4 nitrogen and oxygen atoms in total. The topological polar surface area (TPSA) is 47.8 Å². The number of benzene rings is 2. The first kappa shape index (κ1) is 11.9. The van der Waals surface area contributed by atoms with E-state index in [1.54, 1.807) is 18.2 Å². The van der Waals surface area contributed by atoms with Crippen LogP contribution in [0.2, 0.25) is 5.02 Å². The normalized spacial score (nSPS) is 10.8. The van der Waals surface area contributed by atoms with E-state index in [2.05, 4.69) is 10.3 Å². The lowest BCUT2D eigenvalue weighted by molar-refractivity contribution is 0.601. The third kappa shape index (κ3) is 2.35. The minimum atomic E-state index is -0.184. The van der Waals surface area contributed by atoms with Gasteiger partial charge >= 0.3 is 0 Å². The molecule has 0 bridgehead atoms. The maximum atomic E-state index is 12.3. The molecular formula is C14H10ClN3O. The van der Waals surface area contributed by atoms with E-state index in [4.69, 9.17) is 11.6 Å². The Morgan fingerprint density at radius 3 is 2.68 bits per heavy atom. The second kappa shape index (κ2) is 4.82. The molecule has 3 rings (SSSR count). The van der Waals surface area contributed by atoms with Gasteiger partial charge in [0.15, 0.2) is 0 Å². The Hall–Kier alpha value is -2.20. The molecule has 0 unspecified atom stereocenters. The molecule has 94 valence electrons. The number of fused-ring (bicyclic) bond motifs is 1. The summed E-state index contributed by atoms with van der Waals surface area (Å²) in [5.41, 5.74) is 1.37. The first-order chi connectivity index (χ1) is 9.24. The smallest absolute Gasteiger partial charge is 0.267 e. The van der Waals surface area contributed by atoms with E-state index in [-0.39, 0.29) is 5.56 Å². The lowest BCUT2D eigenvalue weighted by Gasteiger charge is -2.05. The molecule has 0 aliphatic carbocycles. The summed E-state index contributed by atoms with van der Waals surface area (Å²) in [4.78, 5) is 12.3. The molecule has 0 aliphatic rings. The molecule has 1 heterocycles. The number of aromatic nitrogens is 3. The second-order valence-corrected chi connectivity index (χ2v) is 4.64. The van der Waals surface area contributed by atoms with Crippen LogP contribution in [0.25, 0.3) is 10.9 Å². The van der Waals surface area contributed by atoms with Crippen molar-refractivity contribution >= 4 is 22.5 Å². The highest BCUT2D eigenvalue weighted by Crippen LogP contribution is 2.13. The zero-order chi connectivity index (χ0) is 13.2. The van der Waals surface area contributed by atoms with Gasteiger partial charge in [-0.3, -0.25) is 4.79 Å².